The Bertz CT molecular complexity index is 580. The molecular weight excluding hydrogens is 329 g/mol. The third-order valence-corrected chi connectivity index (χ3v) is 3.77. The minimum absolute atomic E-state index is 0. The summed E-state index contributed by atoms with van der Waals surface area (Å²) in [5, 5.41) is 42.7. The summed E-state index contributed by atoms with van der Waals surface area (Å²) in [6, 6.07) is 4.60. The molecule has 0 aliphatic carbocycles. The predicted molar refractivity (Wildman–Crippen MR) is 75.1 cm³/mol. The van der Waals surface area contributed by atoms with Crippen LogP contribution >= 0.6 is 0 Å². The van der Waals surface area contributed by atoms with Crippen molar-refractivity contribution in [1.82, 2.24) is 5.32 Å². The van der Waals surface area contributed by atoms with Crippen molar-refractivity contribution in [2.75, 3.05) is 6.61 Å². The summed E-state index contributed by atoms with van der Waals surface area (Å²) in [5.74, 6) is -1.76. The minimum Gasteiger partial charge on any atom is -0.545 e. The predicted octanol–water partition coefficient (Wildman–Crippen LogP) is -5.29. The zero-order valence-electron chi connectivity index (χ0n) is 13.4. The number of amides is 1. The number of rotatable bonds is 4. The number of carbonyl (C=O) groups excluding carboxylic acids is 2. The van der Waals surface area contributed by atoms with Crippen molar-refractivity contribution in [2.45, 2.75) is 37.4 Å². The molecule has 0 bridgehead atoms. The summed E-state index contributed by atoms with van der Waals surface area (Å²) >= 11 is 0. The van der Waals surface area contributed by atoms with E-state index in [9.17, 15) is 30.0 Å². The van der Waals surface area contributed by atoms with Gasteiger partial charge in [0.2, 0.25) is 5.91 Å². The second-order valence-corrected chi connectivity index (χ2v) is 5.39. The molecule has 1 aliphatic rings. The minimum atomic E-state index is -1.37. The van der Waals surface area contributed by atoms with Gasteiger partial charge in [-0.3, -0.25) is 4.79 Å². The zero-order valence-corrected chi connectivity index (χ0v) is 15.4. The largest absolute Gasteiger partial charge is 1.00 e. The van der Waals surface area contributed by atoms with Crippen molar-refractivity contribution in [1.29, 1.82) is 0 Å². The molecule has 9 heteroatoms. The average Bonchev–Trinajstić information content (AvgIpc) is 2.52. The van der Waals surface area contributed by atoms with Crippen LogP contribution in [-0.2, 0) is 9.53 Å². The van der Waals surface area contributed by atoms with Gasteiger partial charge >= 0.3 is 29.6 Å². The standard InChI is InChI=1S/C15H19NO7.Na/c1-7(18)16-11-13(20)12(19)10(6-17)23-14(11)8-2-4-9(5-3-8)15(21)22;/h2-5,10-14,17,19-20H,6H2,1H3,(H,16,18)(H,21,22);/q;+1/p-1/t10-,11-,12-,13-,14?;/m1./s1. The van der Waals surface area contributed by atoms with Gasteiger partial charge < -0.3 is 35.3 Å². The molecule has 1 saturated heterocycles. The Labute approximate surface area is 160 Å². The number of benzene rings is 1. The van der Waals surface area contributed by atoms with Crippen molar-refractivity contribution in [3.05, 3.63) is 35.4 Å². The average molecular weight is 347 g/mol. The van der Waals surface area contributed by atoms with E-state index in [0.29, 0.717) is 5.56 Å². The third-order valence-electron chi connectivity index (χ3n) is 3.77. The van der Waals surface area contributed by atoms with E-state index < -0.39 is 48.9 Å². The van der Waals surface area contributed by atoms with Crippen molar-refractivity contribution >= 4 is 11.9 Å². The SMILES string of the molecule is CC(=O)N[C@H]1C(c2ccc(C(=O)[O-])cc2)O[C@H](CO)[C@@H](O)[C@@H]1O.[Na+]. The summed E-state index contributed by atoms with van der Waals surface area (Å²) in [6.45, 7) is 0.742. The number of aromatic carboxylic acids is 1. The van der Waals surface area contributed by atoms with Crippen LogP contribution in [0.5, 0.6) is 0 Å². The number of carboxylic acids is 1. The van der Waals surface area contributed by atoms with E-state index >= 15 is 0 Å². The second kappa shape index (κ2) is 8.91. The van der Waals surface area contributed by atoms with Gasteiger partial charge in [0, 0.05) is 6.92 Å². The summed E-state index contributed by atoms with van der Waals surface area (Å²) in [6.07, 6.45) is -4.60. The number of carboxylic acid groups (broad SMARTS) is 1. The van der Waals surface area contributed by atoms with Crippen molar-refractivity contribution in [3.63, 3.8) is 0 Å². The fraction of sp³-hybridized carbons (Fsp3) is 0.467. The van der Waals surface area contributed by atoms with E-state index in [-0.39, 0.29) is 35.1 Å². The Morgan fingerprint density at radius 1 is 1.21 bits per heavy atom. The number of aliphatic hydroxyl groups is 3. The molecule has 0 saturated carbocycles. The van der Waals surface area contributed by atoms with E-state index in [4.69, 9.17) is 4.74 Å². The number of carbonyl (C=O) groups is 2. The molecule has 1 fully saturated rings. The van der Waals surface area contributed by atoms with Gasteiger partial charge in [-0.15, -0.1) is 0 Å². The first-order valence-corrected chi connectivity index (χ1v) is 7.06. The first-order chi connectivity index (χ1) is 10.8. The van der Waals surface area contributed by atoms with Gasteiger partial charge in [-0.05, 0) is 11.1 Å². The molecule has 2 rings (SSSR count). The molecule has 1 amide bonds. The Morgan fingerprint density at radius 3 is 2.25 bits per heavy atom. The maximum atomic E-state index is 11.3. The molecule has 0 spiro atoms. The molecule has 126 valence electrons. The van der Waals surface area contributed by atoms with Crippen molar-refractivity contribution in [2.24, 2.45) is 0 Å². The molecule has 0 radical (unpaired) electrons. The van der Waals surface area contributed by atoms with E-state index in [0.717, 1.165) is 0 Å². The van der Waals surface area contributed by atoms with Gasteiger partial charge in [0.05, 0.1) is 18.6 Å². The van der Waals surface area contributed by atoms with Crippen LogP contribution in [0.2, 0.25) is 0 Å². The monoisotopic (exact) mass is 347 g/mol. The van der Waals surface area contributed by atoms with Crippen LogP contribution in [0.1, 0.15) is 28.9 Å². The smallest absolute Gasteiger partial charge is 0.545 e. The molecule has 1 aliphatic heterocycles. The molecule has 8 nitrogen and oxygen atoms in total. The van der Waals surface area contributed by atoms with Crippen molar-refractivity contribution in [3.8, 4) is 0 Å². The number of aliphatic hydroxyl groups excluding tert-OH is 3. The zero-order chi connectivity index (χ0) is 17.1. The molecule has 5 atom stereocenters. The Hall–Kier alpha value is -1.00. The van der Waals surface area contributed by atoms with E-state index in [1.54, 1.807) is 0 Å². The molecule has 1 heterocycles. The molecule has 1 aromatic carbocycles. The van der Waals surface area contributed by atoms with Crippen LogP contribution in [0, 0.1) is 0 Å². The number of hydrogen-bond donors (Lipinski definition) is 4. The maximum absolute atomic E-state index is 11.3. The van der Waals surface area contributed by atoms with Gasteiger partial charge in [0.25, 0.3) is 0 Å². The third kappa shape index (κ3) is 4.54. The van der Waals surface area contributed by atoms with Gasteiger partial charge in [-0.25, -0.2) is 0 Å². The van der Waals surface area contributed by atoms with Crippen LogP contribution < -0.4 is 40.0 Å². The van der Waals surface area contributed by atoms with Gasteiger partial charge in [0.1, 0.15) is 24.4 Å². The fourth-order valence-corrected chi connectivity index (χ4v) is 2.61. The Morgan fingerprint density at radius 2 is 1.79 bits per heavy atom. The van der Waals surface area contributed by atoms with Crippen LogP contribution in [-0.4, -0.2) is 58.2 Å². The first-order valence-electron chi connectivity index (χ1n) is 7.06. The summed E-state index contributed by atoms with van der Waals surface area (Å²) in [5.41, 5.74) is 0.457. The Balaban J connectivity index is 0.00000288. The first kappa shape index (κ1) is 21.0. The van der Waals surface area contributed by atoms with Crippen LogP contribution in [0.25, 0.3) is 0 Å². The molecular formula is C15H18NNaO7. The molecule has 0 aromatic heterocycles. The maximum Gasteiger partial charge on any atom is 1.00 e. The second-order valence-electron chi connectivity index (χ2n) is 5.39. The molecule has 1 unspecified atom stereocenters. The van der Waals surface area contributed by atoms with Gasteiger partial charge in [0.15, 0.2) is 0 Å². The van der Waals surface area contributed by atoms with E-state index in [1.165, 1.54) is 31.2 Å². The van der Waals surface area contributed by atoms with Gasteiger partial charge in [-0.2, -0.15) is 0 Å². The molecule has 4 N–H and O–H groups in total. The van der Waals surface area contributed by atoms with Crippen LogP contribution in [0.15, 0.2) is 24.3 Å². The fourth-order valence-electron chi connectivity index (χ4n) is 2.61. The molecule has 1 aromatic rings. The topological polar surface area (TPSA) is 139 Å². The summed E-state index contributed by atoms with van der Waals surface area (Å²) < 4.78 is 5.58. The molecule has 24 heavy (non-hydrogen) atoms. The summed E-state index contributed by atoms with van der Waals surface area (Å²) in [4.78, 5) is 22.1. The normalized spacial score (nSPS) is 29.4. The van der Waals surface area contributed by atoms with Gasteiger partial charge in [-0.1, -0.05) is 24.3 Å². The van der Waals surface area contributed by atoms with Crippen LogP contribution in [0.3, 0.4) is 0 Å². The number of hydrogen-bond acceptors (Lipinski definition) is 7. The number of nitrogens with one attached hydrogen (secondary N) is 1. The summed E-state index contributed by atoms with van der Waals surface area (Å²) in [7, 11) is 0. The van der Waals surface area contributed by atoms with E-state index in [1.807, 2.05) is 0 Å². The number of ether oxygens (including phenoxy) is 1. The van der Waals surface area contributed by atoms with E-state index in [2.05, 4.69) is 5.32 Å². The van der Waals surface area contributed by atoms with Crippen molar-refractivity contribution < 1.29 is 64.3 Å². The Kier molecular flexibility index (Phi) is 7.81. The van der Waals surface area contributed by atoms with Crippen LogP contribution in [0.4, 0.5) is 0 Å². The quantitative estimate of drug-likeness (QED) is 0.399.